The summed E-state index contributed by atoms with van der Waals surface area (Å²) in [5.41, 5.74) is -0.499. The number of carbonyl (C=O) groups is 1. The van der Waals surface area contributed by atoms with E-state index in [0.717, 1.165) is 17.4 Å². The van der Waals surface area contributed by atoms with Gasteiger partial charge in [-0.1, -0.05) is 13.3 Å². The Morgan fingerprint density at radius 2 is 2.14 bits per heavy atom. The number of nitrogens with zero attached hydrogens (tertiary/aromatic N) is 3. The van der Waals surface area contributed by atoms with E-state index in [4.69, 9.17) is 5.11 Å². The largest absolute Gasteiger partial charge is 0.480 e. The highest BCUT2D eigenvalue weighted by atomic mass is 16.4. The van der Waals surface area contributed by atoms with Gasteiger partial charge in [-0.25, -0.2) is 4.79 Å². The monoisotopic (exact) mass is 295 g/mol. The predicted molar refractivity (Wildman–Crippen MR) is 76.6 cm³/mol. The summed E-state index contributed by atoms with van der Waals surface area (Å²) in [6, 6.07) is 0. The number of aromatic amines is 1. The van der Waals surface area contributed by atoms with Crippen molar-refractivity contribution in [2.75, 3.05) is 11.9 Å². The highest BCUT2D eigenvalue weighted by Gasteiger charge is 2.15. The number of hydrogen-bond acceptors (Lipinski definition) is 5. The van der Waals surface area contributed by atoms with Gasteiger partial charge < -0.3 is 15.4 Å². The Kier molecular flexibility index (Phi) is 4.10. The predicted octanol–water partition coefficient (Wildman–Crippen LogP) is -0.280. The summed E-state index contributed by atoms with van der Waals surface area (Å²) < 4.78 is 2.43. The molecule has 9 heteroatoms. The fourth-order valence-electron chi connectivity index (χ4n) is 2.00. The fraction of sp³-hybridized carbons (Fsp3) is 0.500. The van der Waals surface area contributed by atoms with Crippen molar-refractivity contribution in [3.8, 4) is 0 Å². The van der Waals surface area contributed by atoms with Gasteiger partial charge in [0.15, 0.2) is 11.2 Å². The Balaban J connectivity index is 2.57. The minimum Gasteiger partial charge on any atom is -0.480 e. The van der Waals surface area contributed by atoms with Crippen LogP contribution in [-0.2, 0) is 18.4 Å². The average Bonchev–Trinajstić information content (AvgIpc) is 2.87. The molecule has 0 unspecified atom stereocenters. The van der Waals surface area contributed by atoms with E-state index in [0.29, 0.717) is 6.54 Å². The van der Waals surface area contributed by atoms with Crippen LogP contribution in [0.2, 0.25) is 0 Å². The Labute approximate surface area is 119 Å². The van der Waals surface area contributed by atoms with Crippen molar-refractivity contribution in [2.24, 2.45) is 7.05 Å². The molecule has 2 aromatic heterocycles. The number of unbranched alkanes of at least 4 members (excludes halogenated alkanes) is 1. The topological polar surface area (TPSA) is 122 Å². The van der Waals surface area contributed by atoms with Gasteiger partial charge in [-0.3, -0.25) is 18.7 Å². The van der Waals surface area contributed by atoms with E-state index in [9.17, 15) is 14.4 Å². The average molecular weight is 295 g/mol. The summed E-state index contributed by atoms with van der Waals surface area (Å²) in [6.45, 7) is 2.11. The molecule has 3 N–H and O–H groups in total. The maximum Gasteiger partial charge on any atom is 0.332 e. The number of aliphatic carboxylic acids is 1. The van der Waals surface area contributed by atoms with Crippen LogP contribution in [0.25, 0.3) is 11.2 Å². The Bertz CT molecular complexity index is 785. The minimum atomic E-state index is -1.05. The molecule has 0 saturated heterocycles. The number of anilines is 1. The zero-order chi connectivity index (χ0) is 15.6. The molecule has 0 bridgehead atoms. The molecule has 21 heavy (non-hydrogen) atoms. The summed E-state index contributed by atoms with van der Waals surface area (Å²) in [6.07, 6.45) is 1.67. The van der Waals surface area contributed by atoms with Crippen LogP contribution in [0.5, 0.6) is 0 Å². The van der Waals surface area contributed by atoms with Crippen molar-refractivity contribution in [1.29, 1.82) is 0 Å². The number of fused-ring (bicyclic) bond motifs is 1. The first-order valence-corrected chi connectivity index (χ1v) is 6.61. The molecule has 0 amide bonds. The second-order valence-electron chi connectivity index (χ2n) is 4.68. The van der Waals surface area contributed by atoms with Gasteiger partial charge >= 0.3 is 11.7 Å². The summed E-state index contributed by atoms with van der Waals surface area (Å²) in [4.78, 5) is 41.6. The first kappa shape index (κ1) is 14.8. The summed E-state index contributed by atoms with van der Waals surface area (Å²) >= 11 is 0. The first-order chi connectivity index (χ1) is 9.95. The molecule has 2 heterocycles. The number of rotatable bonds is 6. The van der Waals surface area contributed by atoms with Gasteiger partial charge in [-0.05, 0) is 6.42 Å². The lowest BCUT2D eigenvalue weighted by Gasteiger charge is -2.07. The van der Waals surface area contributed by atoms with E-state index in [-0.39, 0.29) is 23.7 Å². The fourth-order valence-corrected chi connectivity index (χ4v) is 2.00. The number of imidazole rings is 1. The van der Waals surface area contributed by atoms with Gasteiger partial charge in [-0.15, -0.1) is 0 Å². The van der Waals surface area contributed by atoms with Crippen LogP contribution in [0.15, 0.2) is 9.59 Å². The van der Waals surface area contributed by atoms with Crippen LogP contribution in [0.4, 0.5) is 5.95 Å². The highest BCUT2D eigenvalue weighted by Crippen LogP contribution is 2.09. The first-order valence-electron chi connectivity index (χ1n) is 6.61. The zero-order valence-corrected chi connectivity index (χ0v) is 11.8. The molecular weight excluding hydrogens is 278 g/mol. The van der Waals surface area contributed by atoms with Gasteiger partial charge in [0.2, 0.25) is 5.95 Å². The standard InChI is InChI=1S/C12H17N5O4/c1-3-4-5-17-9-8(10(20)16(2)12(17)21)14-11(15-9)13-6-7(18)19/h3-6H2,1-2H3,(H,18,19)(H2,13,14,15). The van der Waals surface area contributed by atoms with Gasteiger partial charge in [0, 0.05) is 13.6 Å². The lowest BCUT2D eigenvalue weighted by molar-refractivity contribution is -0.134. The normalized spacial score (nSPS) is 11.0. The molecule has 0 aliphatic rings. The molecule has 0 atom stereocenters. The number of aryl methyl sites for hydroxylation is 1. The Morgan fingerprint density at radius 1 is 1.43 bits per heavy atom. The number of hydrogen-bond donors (Lipinski definition) is 3. The van der Waals surface area contributed by atoms with Gasteiger partial charge in [0.25, 0.3) is 5.56 Å². The molecule has 0 radical (unpaired) electrons. The maximum absolute atomic E-state index is 12.1. The maximum atomic E-state index is 12.1. The third-order valence-electron chi connectivity index (χ3n) is 3.12. The van der Waals surface area contributed by atoms with Crippen LogP contribution in [0.3, 0.4) is 0 Å². The van der Waals surface area contributed by atoms with E-state index in [2.05, 4.69) is 15.3 Å². The Morgan fingerprint density at radius 3 is 2.76 bits per heavy atom. The van der Waals surface area contributed by atoms with Crippen molar-refractivity contribution < 1.29 is 9.90 Å². The molecule has 0 aromatic carbocycles. The van der Waals surface area contributed by atoms with Gasteiger partial charge in [0.05, 0.1) is 0 Å². The SMILES string of the molecule is CCCCn1c(=O)n(C)c(=O)c2[nH]c(NCC(=O)O)nc21. The van der Waals surface area contributed by atoms with E-state index in [1.807, 2.05) is 6.92 Å². The van der Waals surface area contributed by atoms with Crippen LogP contribution in [0, 0.1) is 0 Å². The summed E-state index contributed by atoms with van der Waals surface area (Å²) in [7, 11) is 1.40. The van der Waals surface area contributed by atoms with Crippen molar-refractivity contribution in [1.82, 2.24) is 19.1 Å². The second kappa shape index (κ2) is 5.81. The molecule has 0 aliphatic heterocycles. The molecule has 0 spiro atoms. The highest BCUT2D eigenvalue weighted by molar-refractivity contribution is 5.75. The van der Waals surface area contributed by atoms with E-state index < -0.39 is 17.2 Å². The summed E-state index contributed by atoms with van der Waals surface area (Å²) in [5, 5.41) is 11.2. The molecule has 0 fully saturated rings. The van der Waals surface area contributed by atoms with Gasteiger partial charge in [0.1, 0.15) is 6.54 Å². The van der Waals surface area contributed by atoms with Crippen LogP contribution >= 0.6 is 0 Å². The van der Waals surface area contributed by atoms with Crippen LogP contribution < -0.4 is 16.6 Å². The molecule has 2 aromatic rings. The minimum absolute atomic E-state index is 0.153. The molecule has 2 rings (SSSR count). The lowest BCUT2D eigenvalue weighted by Crippen LogP contribution is -2.38. The number of H-pyrrole nitrogens is 1. The van der Waals surface area contributed by atoms with E-state index in [1.165, 1.54) is 11.6 Å². The second-order valence-corrected chi connectivity index (χ2v) is 4.68. The van der Waals surface area contributed by atoms with Crippen molar-refractivity contribution in [3.05, 3.63) is 20.8 Å². The van der Waals surface area contributed by atoms with Crippen molar-refractivity contribution in [2.45, 2.75) is 26.3 Å². The van der Waals surface area contributed by atoms with Crippen molar-refractivity contribution >= 4 is 23.1 Å². The lowest BCUT2D eigenvalue weighted by atomic mass is 10.3. The Hall–Kier alpha value is -2.58. The third kappa shape index (κ3) is 2.81. The molecule has 114 valence electrons. The zero-order valence-electron chi connectivity index (χ0n) is 11.8. The molecule has 0 saturated carbocycles. The van der Waals surface area contributed by atoms with Crippen LogP contribution in [-0.4, -0.2) is 36.7 Å². The number of nitrogens with one attached hydrogen (secondary N) is 2. The van der Waals surface area contributed by atoms with Gasteiger partial charge in [-0.2, -0.15) is 4.98 Å². The number of carboxylic acids is 1. The smallest absolute Gasteiger partial charge is 0.332 e. The molecular formula is C12H17N5O4. The molecule has 0 aliphatic carbocycles. The number of carboxylic acid groups (broad SMARTS) is 1. The van der Waals surface area contributed by atoms with E-state index >= 15 is 0 Å². The number of aromatic nitrogens is 4. The molecule has 9 nitrogen and oxygen atoms in total. The summed E-state index contributed by atoms with van der Waals surface area (Å²) in [5.74, 6) is -0.896. The third-order valence-corrected chi connectivity index (χ3v) is 3.12. The van der Waals surface area contributed by atoms with E-state index in [1.54, 1.807) is 0 Å². The van der Waals surface area contributed by atoms with Crippen molar-refractivity contribution in [3.63, 3.8) is 0 Å². The quantitative estimate of drug-likeness (QED) is 0.673. The van der Waals surface area contributed by atoms with Crippen LogP contribution in [0.1, 0.15) is 19.8 Å².